The van der Waals surface area contributed by atoms with Crippen LogP contribution in [0.5, 0.6) is 0 Å². The summed E-state index contributed by atoms with van der Waals surface area (Å²) in [4.78, 5) is 13.9. The van der Waals surface area contributed by atoms with E-state index in [1.165, 1.54) is 6.08 Å². The summed E-state index contributed by atoms with van der Waals surface area (Å²) in [5, 5.41) is 9.97. The summed E-state index contributed by atoms with van der Waals surface area (Å²) in [5.41, 5.74) is 0. The number of nitrogens with zero attached hydrogens (tertiary/aromatic N) is 2. The Kier molecular flexibility index (Phi) is 2.95. The van der Waals surface area contributed by atoms with Gasteiger partial charge in [-0.25, -0.2) is 0 Å². The van der Waals surface area contributed by atoms with Crippen molar-refractivity contribution in [3.8, 4) is 0 Å². The predicted molar refractivity (Wildman–Crippen MR) is 48.8 cm³/mol. The summed E-state index contributed by atoms with van der Waals surface area (Å²) in [7, 11) is 1.09. The van der Waals surface area contributed by atoms with Gasteiger partial charge in [0.05, 0.1) is 0 Å². The lowest BCUT2D eigenvalue weighted by Crippen LogP contribution is -2.29. The molecule has 0 saturated heterocycles. The van der Waals surface area contributed by atoms with E-state index in [1.807, 2.05) is 0 Å². The topological polar surface area (TPSA) is 55.5 Å². The first-order chi connectivity index (χ1) is 5.25. The van der Waals surface area contributed by atoms with E-state index in [4.69, 9.17) is 0 Å². The Hall–Kier alpha value is -0.490. The minimum atomic E-state index is -0.734. The fraction of sp³-hybridized carbons (Fsp3) is 0.400. The van der Waals surface area contributed by atoms with Crippen molar-refractivity contribution in [3.05, 3.63) is 22.3 Å². The number of nitro groups is 1. The van der Waals surface area contributed by atoms with Crippen molar-refractivity contribution in [2.75, 3.05) is 0 Å². The van der Waals surface area contributed by atoms with Crippen molar-refractivity contribution >= 4 is 28.7 Å². The minimum Gasteiger partial charge on any atom is -0.270 e. The maximum atomic E-state index is 10.4. The third kappa shape index (κ3) is 1.97. The molecule has 0 aromatic carbocycles. The van der Waals surface area contributed by atoms with E-state index < -0.39 is 11.4 Å². The van der Waals surface area contributed by atoms with Gasteiger partial charge >= 0.3 is 0 Å². The number of rotatable bonds is 2. The van der Waals surface area contributed by atoms with Crippen molar-refractivity contribution in [3.63, 3.8) is 0 Å². The number of thiol groups is 1. The van der Waals surface area contributed by atoms with Crippen molar-refractivity contribution in [2.45, 2.75) is 11.4 Å². The lowest BCUT2D eigenvalue weighted by atomic mass is 10.2. The average molecular weight is 190 g/mol. The molecule has 6 heteroatoms. The molecule has 1 aliphatic heterocycles. The standard InChI is InChI=1S/C5H6N2O2S2/c8-7(9)4-2-1-3-6-5(4)11-10/h1-5,10H. The number of hydrogen-bond acceptors (Lipinski definition) is 5. The van der Waals surface area contributed by atoms with E-state index in [1.54, 1.807) is 12.3 Å². The second-order valence-electron chi connectivity index (χ2n) is 1.95. The van der Waals surface area contributed by atoms with Crippen molar-refractivity contribution < 1.29 is 4.92 Å². The molecule has 0 bridgehead atoms. The van der Waals surface area contributed by atoms with E-state index >= 15 is 0 Å². The first-order valence-corrected chi connectivity index (χ1v) is 4.82. The molecular formula is C5H6N2O2S2. The highest BCUT2D eigenvalue weighted by atomic mass is 33.1. The molecular weight excluding hydrogens is 184 g/mol. The molecule has 0 fully saturated rings. The molecule has 11 heavy (non-hydrogen) atoms. The molecule has 4 nitrogen and oxygen atoms in total. The summed E-state index contributed by atoms with van der Waals surface area (Å²) in [6, 6.07) is -0.734. The van der Waals surface area contributed by atoms with Gasteiger partial charge in [0.1, 0.15) is 0 Å². The second kappa shape index (κ2) is 3.77. The molecule has 1 rings (SSSR count). The second-order valence-corrected chi connectivity index (χ2v) is 3.28. The van der Waals surface area contributed by atoms with Gasteiger partial charge in [-0.1, -0.05) is 10.8 Å². The Bertz CT molecular complexity index is 217. The Labute approximate surface area is 72.7 Å². The fourth-order valence-corrected chi connectivity index (χ4v) is 1.72. The monoisotopic (exact) mass is 190 g/mol. The minimum absolute atomic E-state index is 0.360. The van der Waals surface area contributed by atoms with Crippen LogP contribution in [-0.4, -0.2) is 22.6 Å². The van der Waals surface area contributed by atoms with Crippen LogP contribution in [-0.2, 0) is 0 Å². The van der Waals surface area contributed by atoms with Crippen molar-refractivity contribution in [1.29, 1.82) is 0 Å². The third-order valence-electron chi connectivity index (χ3n) is 1.27. The summed E-state index contributed by atoms with van der Waals surface area (Å²) < 4.78 is 0. The quantitative estimate of drug-likeness (QED) is 0.308. The van der Waals surface area contributed by atoms with Gasteiger partial charge in [-0.05, 0) is 12.2 Å². The first kappa shape index (κ1) is 8.61. The summed E-state index contributed by atoms with van der Waals surface area (Å²) in [5.74, 6) is 0. The van der Waals surface area contributed by atoms with Gasteiger partial charge in [-0.2, -0.15) is 0 Å². The van der Waals surface area contributed by atoms with Gasteiger partial charge in [0.2, 0.25) is 0 Å². The zero-order valence-electron chi connectivity index (χ0n) is 5.45. The average Bonchev–Trinajstić information content (AvgIpc) is 2.04. The normalized spacial score (nSPS) is 28.8. The highest BCUT2D eigenvalue weighted by molar-refractivity contribution is 8.68. The third-order valence-corrected chi connectivity index (χ3v) is 2.54. The molecule has 0 aromatic rings. The van der Waals surface area contributed by atoms with Gasteiger partial charge in [0.15, 0.2) is 5.37 Å². The van der Waals surface area contributed by atoms with Crippen LogP contribution in [0.15, 0.2) is 17.1 Å². The van der Waals surface area contributed by atoms with Gasteiger partial charge in [-0.15, -0.1) is 11.7 Å². The lowest BCUT2D eigenvalue weighted by Gasteiger charge is -2.12. The van der Waals surface area contributed by atoms with Crippen molar-refractivity contribution in [1.82, 2.24) is 0 Å². The van der Waals surface area contributed by atoms with E-state index in [9.17, 15) is 10.1 Å². The molecule has 0 radical (unpaired) electrons. The zero-order chi connectivity index (χ0) is 8.27. The Morgan fingerprint density at radius 3 is 2.91 bits per heavy atom. The van der Waals surface area contributed by atoms with Crippen LogP contribution in [0.25, 0.3) is 0 Å². The Morgan fingerprint density at radius 2 is 2.45 bits per heavy atom. The molecule has 60 valence electrons. The molecule has 0 N–H and O–H groups in total. The summed E-state index contributed by atoms with van der Waals surface area (Å²) in [6.07, 6.45) is 4.64. The van der Waals surface area contributed by atoms with E-state index in [0.717, 1.165) is 10.8 Å². The van der Waals surface area contributed by atoms with E-state index in [2.05, 4.69) is 16.7 Å². The van der Waals surface area contributed by atoms with Crippen LogP contribution in [0.2, 0.25) is 0 Å². The van der Waals surface area contributed by atoms with Crippen LogP contribution in [0.4, 0.5) is 0 Å². The molecule has 0 spiro atoms. The van der Waals surface area contributed by atoms with Gasteiger partial charge in [0.25, 0.3) is 6.04 Å². The molecule has 0 amide bonds. The predicted octanol–water partition coefficient (Wildman–Crippen LogP) is 1.18. The smallest absolute Gasteiger partial charge is 0.263 e. The Balaban J connectivity index is 2.70. The van der Waals surface area contributed by atoms with Crippen LogP contribution < -0.4 is 0 Å². The highest BCUT2D eigenvalue weighted by Gasteiger charge is 2.29. The largest absolute Gasteiger partial charge is 0.270 e. The highest BCUT2D eigenvalue weighted by Crippen LogP contribution is 2.23. The first-order valence-electron chi connectivity index (χ1n) is 2.89. The number of aliphatic imine (C=N–C) groups is 1. The van der Waals surface area contributed by atoms with Crippen LogP contribution in [0.3, 0.4) is 0 Å². The lowest BCUT2D eigenvalue weighted by molar-refractivity contribution is -0.508. The maximum Gasteiger partial charge on any atom is 0.263 e. The van der Waals surface area contributed by atoms with Crippen LogP contribution in [0, 0.1) is 10.1 Å². The molecule has 2 unspecified atom stereocenters. The summed E-state index contributed by atoms with van der Waals surface area (Å²) in [6.45, 7) is 0. The SMILES string of the molecule is O=[N+]([O-])C1C=CC=NC1SS. The van der Waals surface area contributed by atoms with Crippen molar-refractivity contribution in [2.24, 2.45) is 4.99 Å². The summed E-state index contributed by atoms with van der Waals surface area (Å²) >= 11 is 3.88. The van der Waals surface area contributed by atoms with Gasteiger partial charge < -0.3 is 0 Å². The molecule has 1 heterocycles. The van der Waals surface area contributed by atoms with Crippen LogP contribution >= 0.6 is 22.5 Å². The van der Waals surface area contributed by atoms with Gasteiger partial charge in [0, 0.05) is 11.1 Å². The number of allylic oxidation sites excluding steroid dienone is 1. The van der Waals surface area contributed by atoms with Crippen LogP contribution in [0.1, 0.15) is 0 Å². The maximum absolute atomic E-state index is 10.4. The van der Waals surface area contributed by atoms with E-state index in [-0.39, 0.29) is 4.92 Å². The number of dihydropyridines is 1. The Morgan fingerprint density at radius 1 is 1.73 bits per heavy atom. The molecule has 2 atom stereocenters. The zero-order valence-corrected chi connectivity index (χ0v) is 7.16. The number of hydrogen-bond donors (Lipinski definition) is 1. The molecule has 0 aliphatic carbocycles. The fourth-order valence-electron chi connectivity index (χ4n) is 0.745. The molecule has 1 aliphatic rings. The molecule has 0 saturated carbocycles. The van der Waals surface area contributed by atoms with Gasteiger partial charge in [-0.3, -0.25) is 15.1 Å². The van der Waals surface area contributed by atoms with E-state index in [0.29, 0.717) is 0 Å². The molecule has 0 aromatic heterocycles.